The molecule has 38 heavy (non-hydrogen) atoms. The Bertz CT molecular complexity index is 1170. The van der Waals surface area contributed by atoms with Gasteiger partial charge in [0.05, 0.1) is 7.11 Å². The maximum Gasteiger partial charge on any atom is 0.341 e. The number of anilines is 1. The number of carbonyl (C=O) groups excluding carboxylic acids is 2. The highest BCUT2D eigenvalue weighted by Gasteiger charge is 2.57. The zero-order chi connectivity index (χ0) is 27.4. The second kappa shape index (κ2) is 11.3. The monoisotopic (exact) mass is 523 g/mol. The lowest BCUT2D eigenvalue weighted by Gasteiger charge is -2.43. The summed E-state index contributed by atoms with van der Waals surface area (Å²) in [5.41, 5.74) is 1.98. The molecule has 2 aromatic rings. The standard InChI is InChI=1S/C29H37N3O6/c1-20(2)18-31-27(35)29(32(28(31)36)14-11-22-6-9-24(37-4)10-7-22)12-15-30(16-13-29)23-8-5-21(3)25(17-23)38-19-26(33)34/h5-10,17,20H,11-16,18-19H2,1-4H3,(H,33,34). The van der Waals surface area contributed by atoms with Gasteiger partial charge in [0, 0.05) is 37.9 Å². The predicted octanol–water partition coefficient (Wildman–Crippen LogP) is 3.97. The number of carboxylic acid groups (broad SMARTS) is 1. The summed E-state index contributed by atoms with van der Waals surface area (Å²) in [5.74, 6) is 0.362. The van der Waals surface area contributed by atoms with Crippen LogP contribution in [0.15, 0.2) is 42.5 Å². The molecule has 0 aromatic heterocycles. The number of methoxy groups -OCH3 is 1. The van der Waals surface area contributed by atoms with Crippen LogP contribution in [0.5, 0.6) is 11.5 Å². The van der Waals surface area contributed by atoms with Gasteiger partial charge in [-0.05, 0) is 61.4 Å². The van der Waals surface area contributed by atoms with Gasteiger partial charge in [0.2, 0.25) is 0 Å². The third-order valence-electron chi connectivity index (χ3n) is 7.43. The molecule has 2 heterocycles. The first-order chi connectivity index (χ1) is 18.1. The first-order valence-corrected chi connectivity index (χ1v) is 13.1. The van der Waals surface area contributed by atoms with Crippen LogP contribution in [0.1, 0.15) is 37.8 Å². The van der Waals surface area contributed by atoms with Gasteiger partial charge in [0.1, 0.15) is 17.0 Å². The van der Waals surface area contributed by atoms with Crippen LogP contribution in [0.25, 0.3) is 0 Å². The summed E-state index contributed by atoms with van der Waals surface area (Å²) in [7, 11) is 1.63. The Labute approximate surface area is 223 Å². The Balaban J connectivity index is 1.52. The zero-order valence-electron chi connectivity index (χ0n) is 22.6. The third kappa shape index (κ3) is 5.56. The van der Waals surface area contributed by atoms with E-state index in [4.69, 9.17) is 14.6 Å². The highest BCUT2D eigenvalue weighted by Crippen LogP contribution is 2.39. The summed E-state index contributed by atoms with van der Waals surface area (Å²) >= 11 is 0. The first-order valence-electron chi connectivity index (χ1n) is 13.1. The van der Waals surface area contributed by atoms with Crippen molar-refractivity contribution >= 4 is 23.6 Å². The lowest BCUT2D eigenvalue weighted by Crippen LogP contribution is -2.57. The fourth-order valence-corrected chi connectivity index (χ4v) is 5.35. The van der Waals surface area contributed by atoms with Gasteiger partial charge in [-0.2, -0.15) is 0 Å². The minimum atomic E-state index is -1.03. The minimum absolute atomic E-state index is 0.0973. The lowest BCUT2D eigenvalue weighted by atomic mass is 9.85. The van der Waals surface area contributed by atoms with Gasteiger partial charge >= 0.3 is 12.0 Å². The number of urea groups is 1. The van der Waals surface area contributed by atoms with Crippen LogP contribution in [-0.4, -0.2) is 78.2 Å². The number of carboxylic acids is 1. The molecule has 9 nitrogen and oxygen atoms in total. The third-order valence-corrected chi connectivity index (χ3v) is 7.43. The van der Waals surface area contributed by atoms with Gasteiger partial charge < -0.3 is 24.4 Å². The topological polar surface area (TPSA) is 99.6 Å². The Kier molecular flexibility index (Phi) is 8.14. The number of hydrogen-bond donors (Lipinski definition) is 1. The summed E-state index contributed by atoms with van der Waals surface area (Å²) in [6, 6.07) is 13.3. The summed E-state index contributed by atoms with van der Waals surface area (Å²) in [6.45, 7) is 7.55. The summed E-state index contributed by atoms with van der Waals surface area (Å²) in [5, 5.41) is 8.98. The van der Waals surface area contributed by atoms with E-state index in [-0.39, 0.29) is 17.9 Å². The molecule has 2 aliphatic heterocycles. The second-order valence-corrected chi connectivity index (χ2v) is 10.5. The van der Waals surface area contributed by atoms with Crippen LogP contribution in [0, 0.1) is 12.8 Å². The maximum absolute atomic E-state index is 13.8. The number of ether oxygens (including phenoxy) is 2. The van der Waals surface area contributed by atoms with Crippen molar-refractivity contribution in [2.45, 2.75) is 45.6 Å². The smallest absolute Gasteiger partial charge is 0.341 e. The molecule has 1 N–H and O–H groups in total. The molecular formula is C29H37N3O6. The number of benzene rings is 2. The van der Waals surface area contributed by atoms with Crippen molar-refractivity contribution in [1.82, 2.24) is 9.80 Å². The van der Waals surface area contributed by atoms with Crippen molar-refractivity contribution in [3.63, 3.8) is 0 Å². The van der Waals surface area contributed by atoms with Crippen LogP contribution in [0.2, 0.25) is 0 Å². The normalized spacial score (nSPS) is 17.0. The molecule has 0 saturated carbocycles. The Morgan fingerprint density at radius 2 is 1.76 bits per heavy atom. The first kappa shape index (κ1) is 27.3. The van der Waals surface area contributed by atoms with Gasteiger partial charge in [0.25, 0.3) is 5.91 Å². The van der Waals surface area contributed by atoms with Gasteiger partial charge in [-0.3, -0.25) is 9.69 Å². The Morgan fingerprint density at radius 3 is 2.37 bits per heavy atom. The minimum Gasteiger partial charge on any atom is -0.497 e. The molecule has 1 spiro atoms. The van der Waals surface area contributed by atoms with Gasteiger partial charge in [-0.15, -0.1) is 0 Å². The molecule has 2 fully saturated rings. The molecule has 0 atom stereocenters. The molecule has 9 heteroatoms. The maximum atomic E-state index is 13.8. The molecule has 2 aromatic carbocycles. The van der Waals surface area contributed by atoms with Crippen LogP contribution in [-0.2, 0) is 16.0 Å². The number of aliphatic carboxylic acids is 1. The quantitative estimate of drug-likeness (QED) is 0.471. The van der Waals surface area contributed by atoms with Crippen molar-refractivity contribution in [3.05, 3.63) is 53.6 Å². The molecule has 204 valence electrons. The van der Waals surface area contributed by atoms with E-state index in [2.05, 4.69) is 4.90 Å². The molecule has 0 unspecified atom stereocenters. The number of hydrogen-bond acceptors (Lipinski definition) is 6. The fourth-order valence-electron chi connectivity index (χ4n) is 5.35. The van der Waals surface area contributed by atoms with E-state index < -0.39 is 18.1 Å². The molecule has 0 aliphatic carbocycles. The average Bonchev–Trinajstić information content (AvgIpc) is 3.08. The van der Waals surface area contributed by atoms with E-state index in [1.54, 1.807) is 12.0 Å². The van der Waals surface area contributed by atoms with Crippen molar-refractivity contribution in [1.29, 1.82) is 0 Å². The molecule has 4 rings (SSSR count). The highest BCUT2D eigenvalue weighted by molar-refractivity contribution is 6.07. The average molecular weight is 524 g/mol. The van der Waals surface area contributed by atoms with E-state index in [1.165, 1.54) is 4.90 Å². The van der Waals surface area contributed by atoms with Crippen LogP contribution >= 0.6 is 0 Å². The van der Waals surface area contributed by atoms with E-state index in [0.717, 1.165) is 22.6 Å². The van der Waals surface area contributed by atoms with Gasteiger partial charge in [-0.1, -0.05) is 32.0 Å². The fraction of sp³-hybridized carbons (Fsp3) is 0.483. The van der Waals surface area contributed by atoms with Crippen molar-refractivity contribution < 1.29 is 29.0 Å². The number of amides is 3. The predicted molar refractivity (Wildman–Crippen MR) is 144 cm³/mol. The molecule has 2 saturated heterocycles. The van der Waals surface area contributed by atoms with E-state index >= 15 is 0 Å². The number of aryl methyl sites for hydroxylation is 1. The molecule has 0 bridgehead atoms. The largest absolute Gasteiger partial charge is 0.497 e. The number of carbonyl (C=O) groups is 3. The lowest BCUT2D eigenvalue weighted by molar-refractivity contribution is -0.139. The van der Waals surface area contributed by atoms with Crippen molar-refractivity contribution in [2.75, 3.05) is 44.8 Å². The number of rotatable bonds is 10. The van der Waals surface area contributed by atoms with Crippen LogP contribution in [0.4, 0.5) is 10.5 Å². The summed E-state index contributed by atoms with van der Waals surface area (Å²) in [4.78, 5) is 43.7. The van der Waals surface area contributed by atoms with E-state index in [0.29, 0.717) is 51.2 Å². The highest BCUT2D eigenvalue weighted by atomic mass is 16.5. The Hall–Kier alpha value is -3.75. The van der Waals surface area contributed by atoms with Crippen molar-refractivity contribution in [3.8, 4) is 11.5 Å². The summed E-state index contributed by atoms with van der Waals surface area (Å²) in [6.07, 6.45) is 1.69. The molecule has 0 radical (unpaired) electrons. The number of imide groups is 1. The molecular weight excluding hydrogens is 486 g/mol. The van der Waals surface area contributed by atoms with E-state index in [9.17, 15) is 14.4 Å². The van der Waals surface area contributed by atoms with Gasteiger partial charge in [-0.25, -0.2) is 9.59 Å². The number of nitrogens with zero attached hydrogens (tertiary/aromatic N) is 3. The van der Waals surface area contributed by atoms with E-state index in [1.807, 2.05) is 63.2 Å². The second-order valence-electron chi connectivity index (χ2n) is 10.5. The SMILES string of the molecule is COc1ccc(CCN2C(=O)N(CC(C)C)C(=O)C23CCN(c2ccc(C)c(OCC(=O)O)c2)CC3)cc1. The molecule has 3 amide bonds. The number of piperidine rings is 1. The van der Waals surface area contributed by atoms with Crippen LogP contribution in [0.3, 0.4) is 0 Å². The van der Waals surface area contributed by atoms with Gasteiger partial charge in [0.15, 0.2) is 6.61 Å². The Morgan fingerprint density at radius 1 is 1.08 bits per heavy atom. The molecule has 2 aliphatic rings. The van der Waals surface area contributed by atoms with Crippen LogP contribution < -0.4 is 14.4 Å². The summed E-state index contributed by atoms with van der Waals surface area (Å²) < 4.78 is 10.7. The zero-order valence-corrected chi connectivity index (χ0v) is 22.6. The van der Waals surface area contributed by atoms with Crippen molar-refractivity contribution in [2.24, 2.45) is 5.92 Å².